The van der Waals surface area contributed by atoms with Gasteiger partial charge < -0.3 is 15.3 Å². The number of oxime groups is 1. The van der Waals surface area contributed by atoms with Crippen LogP contribution < -0.4 is 5.73 Å². The smallest absolute Gasteiger partial charge is 0.302 e. The molecule has 170 valence electrons. The maximum absolute atomic E-state index is 13.7. The zero-order chi connectivity index (χ0) is 21.9. The number of nitrogens with two attached hydrogens (primary N) is 1. The molecule has 3 aliphatic rings. The molecule has 0 radical (unpaired) electrons. The zero-order valence-electron chi connectivity index (χ0n) is 19.2. The molecular weight excluding hydrogens is 380 g/mol. The molecule has 0 aromatic rings. The summed E-state index contributed by atoms with van der Waals surface area (Å²) >= 11 is 0. The lowest BCUT2D eigenvalue weighted by Crippen LogP contribution is -2.56. The summed E-state index contributed by atoms with van der Waals surface area (Å²) in [6, 6.07) is 0. The van der Waals surface area contributed by atoms with Gasteiger partial charge in [-0.3, -0.25) is 9.59 Å². The van der Waals surface area contributed by atoms with Gasteiger partial charge in [-0.05, 0) is 74.5 Å². The van der Waals surface area contributed by atoms with Gasteiger partial charge in [-0.25, -0.2) is 0 Å². The van der Waals surface area contributed by atoms with Crippen LogP contribution in [0.5, 0.6) is 0 Å². The predicted octanol–water partition coefficient (Wildman–Crippen LogP) is 4.11. The summed E-state index contributed by atoms with van der Waals surface area (Å²) < 4.78 is 5.53. The number of ketones is 1. The third kappa shape index (κ3) is 4.44. The first-order chi connectivity index (χ1) is 14.2. The van der Waals surface area contributed by atoms with Gasteiger partial charge in [-0.15, -0.1) is 0 Å². The highest BCUT2D eigenvalue weighted by Crippen LogP contribution is 2.61. The van der Waals surface area contributed by atoms with Crippen molar-refractivity contribution in [2.45, 2.75) is 85.2 Å². The molecule has 3 fully saturated rings. The van der Waals surface area contributed by atoms with Gasteiger partial charge in [0.25, 0.3) is 0 Å². The number of Topliss-reactive ketones (excluding diaryl/α,β-unsaturated/α-hetero) is 1. The number of fused-ring (bicyclic) bond motifs is 3. The molecule has 0 bridgehead atoms. The second-order valence-corrected chi connectivity index (χ2v) is 10.4. The van der Waals surface area contributed by atoms with Crippen molar-refractivity contribution in [1.82, 2.24) is 0 Å². The van der Waals surface area contributed by atoms with Crippen molar-refractivity contribution >= 4 is 18.0 Å². The molecule has 3 aliphatic carbocycles. The third-order valence-corrected chi connectivity index (χ3v) is 8.76. The first kappa shape index (κ1) is 23.2. The molecule has 2 N–H and O–H groups in total. The fourth-order valence-electron chi connectivity index (χ4n) is 6.65. The molecule has 0 aromatic carbocycles. The summed E-state index contributed by atoms with van der Waals surface area (Å²) in [6.07, 6.45) is 9.64. The van der Waals surface area contributed by atoms with E-state index < -0.39 is 0 Å². The average Bonchev–Trinajstić information content (AvgIpc) is 2.70. The molecule has 6 heteroatoms. The Hall–Kier alpha value is -1.43. The summed E-state index contributed by atoms with van der Waals surface area (Å²) in [5.41, 5.74) is 5.31. The second kappa shape index (κ2) is 9.37. The van der Waals surface area contributed by atoms with E-state index >= 15 is 0 Å². The number of ether oxygens (including phenoxy) is 1. The standard InChI is InChI=1S/C24H40N2O4/c1-16(9-13-26-29-14-12-25)23(3)11-8-21-20(22(23)28)6-5-18-15-19(30-17(2)27)7-10-24(18,21)4/h13,16,18-21H,5-12,14-15,25H2,1-4H3/b26-13+/t16-,18+,19-,20+,21-,23+,24-/m0/s1. The van der Waals surface area contributed by atoms with E-state index in [1.54, 1.807) is 6.21 Å². The van der Waals surface area contributed by atoms with Gasteiger partial charge >= 0.3 is 5.97 Å². The highest BCUT2D eigenvalue weighted by molar-refractivity contribution is 5.88. The van der Waals surface area contributed by atoms with Crippen molar-refractivity contribution < 1.29 is 19.2 Å². The summed E-state index contributed by atoms with van der Waals surface area (Å²) in [4.78, 5) is 30.2. The number of carbonyl (C=O) groups is 2. The summed E-state index contributed by atoms with van der Waals surface area (Å²) in [5.74, 6) is 1.71. The lowest BCUT2D eigenvalue weighted by Gasteiger charge is -2.58. The maximum atomic E-state index is 13.7. The van der Waals surface area contributed by atoms with Crippen molar-refractivity contribution in [1.29, 1.82) is 0 Å². The molecule has 0 aromatic heterocycles. The Morgan fingerprint density at radius 1 is 1.27 bits per heavy atom. The fourth-order valence-corrected chi connectivity index (χ4v) is 6.65. The van der Waals surface area contributed by atoms with E-state index in [9.17, 15) is 9.59 Å². The molecule has 0 unspecified atom stereocenters. The third-order valence-electron chi connectivity index (χ3n) is 8.76. The summed E-state index contributed by atoms with van der Waals surface area (Å²) in [5, 5.41) is 3.97. The first-order valence-corrected chi connectivity index (χ1v) is 11.8. The molecular formula is C24H40N2O4. The minimum Gasteiger partial charge on any atom is -0.463 e. The van der Waals surface area contributed by atoms with Crippen LogP contribution in [-0.2, 0) is 19.2 Å². The molecule has 0 saturated heterocycles. The van der Waals surface area contributed by atoms with E-state index in [0.29, 0.717) is 30.8 Å². The van der Waals surface area contributed by atoms with Crippen LogP contribution in [0.3, 0.4) is 0 Å². The Labute approximate surface area is 181 Å². The molecule has 30 heavy (non-hydrogen) atoms. The molecule has 0 aliphatic heterocycles. The Kier molecular flexibility index (Phi) is 7.26. The van der Waals surface area contributed by atoms with E-state index in [-0.39, 0.29) is 34.7 Å². The molecule has 0 heterocycles. The monoisotopic (exact) mass is 420 g/mol. The minimum absolute atomic E-state index is 0.0579. The minimum atomic E-state index is -0.292. The van der Waals surface area contributed by atoms with Crippen molar-refractivity contribution in [2.75, 3.05) is 13.2 Å². The number of hydrogen-bond acceptors (Lipinski definition) is 6. The molecule has 3 saturated carbocycles. The quantitative estimate of drug-likeness (QED) is 0.290. The van der Waals surface area contributed by atoms with Gasteiger partial charge in [0, 0.05) is 31.0 Å². The Morgan fingerprint density at radius 2 is 2.03 bits per heavy atom. The maximum Gasteiger partial charge on any atom is 0.302 e. The normalized spacial score (nSPS) is 39.8. The van der Waals surface area contributed by atoms with Gasteiger partial charge in [0.2, 0.25) is 0 Å². The van der Waals surface area contributed by atoms with Gasteiger partial charge in [0.15, 0.2) is 0 Å². The van der Waals surface area contributed by atoms with Crippen LogP contribution >= 0.6 is 0 Å². The van der Waals surface area contributed by atoms with Crippen molar-refractivity contribution in [3.05, 3.63) is 0 Å². The van der Waals surface area contributed by atoms with Crippen molar-refractivity contribution in [3.63, 3.8) is 0 Å². The van der Waals surface area contributed by atoms with Crippen LogP contribution in [0.2, 0.25) is 0 Å². The predicted molar refractivity (Wildman–Crippen MR) is 117 cm³/mol. The Morgan fingerprint density at radius 3 is 2.73 bits per heavy atom. The lowest BCUT2D eigenvalue weighted by molar-refractivity contribution is -0.163. The topological polar surface area (TPSA) is 91.0 Å². The number of hydrogen-bond donors (Lipinski definition) is 1. The molecule has 3 rings (SSSR count). The van der Waals surface area contributed by atoms with E-state index in [1.807, 2.05) is 0 Å². The average molecular weight is 421 g/mol. The van der Waals surface area contributed by atoms with Crippen LogP contribution in [-0.4, -0.2) is 37.2 Å². The van der Waals surface area contributed by atoms with Crippen LogP contribution in [0.1, 0.15) is 79.1 Å². The highest BCUT2D eigenvalue weighted by atomic mass is 16.6. The lowest BCUT2D eigenvalue weighted by atomic mass is 9.46. The van der Waals surface area contributed by atoms with Crippen molar-refractivity contribution in [3.8, 4) is 0 Å². The Balaban J connectivity index is 1.66. The second-order valence-electron chi connectivity index (χ2n) is 10.4. The summed E-state index contributed by atoms with van der Waals surface area (Å²) in [6.45, 7) is 9.11. The van der Waals surface area contributed by atoms with Gasteiger partial charge in [-0.1, -0.05) is 25.9 Å². The van der Waals surface area contributed by atoms with E-state index in [2.05, 4.69) is 25.9 Å². The summed E-state index contributed by atoms with van der Waals surface area (Å²) in [7, 11) is 0. The van der Waals surface area contributed by atoms with Crippen LogP contribution in [0.25, 0.3) is 0 Å². The van der Waals surface area contributed by atoms with Gasteiger partial charge in [-0.2, -0.15) is 0 Å². The SMILES string of the molecule is CC(=O)O[C@H]1CC[C@@]2(C)[C@H](CC[C@H]3C(=O)[C@@](C)([C@@H](C)C/C=N/OCCN)CC[C@@H]32)C1. The van der Waals surface area contributed by atoms with Crippen molar-refractivity contribution in [2.24, 2.45) is 45.4 Å². The van der Waals surface area contributed by atoms with Gasteiger partial charge in [0.05, 0.1) is 0 Å². The zero-order valence-corrected chi connectivity index (χ0v) is 19.2. The van der Waals surface area contributed by atoms with E-state index in [0.717, 1.165) is 51.4 Å². The fraction of sp³-hybridized carbons (Fsp3) is 0.875. The first-order valence-electron chi connectivity index (χ1n) is 11.8. The molecule has 7 atom stereocenters. The van der Waals surface area contributed by atoms with Crippen LogP contribution in [0, 0.1) is 34.5 Å². The number of carbonyl (C=O) groups excluding carboxylic acids is 2. The number of nitrogens with zero attached hydrogens (tertiary/aromatic N) is 1. The van der Waals surface area contributed by atoms with E-state index in [4.69, 9.17) is 15.3 Å². The molecule has 0 amide bonds. The van der Waals surface area contributed by atoms with E-state index in [1.165, 1.54) is 6.92 Å². The molecule has 0 spiro atoms. The largest absolute Gasteiger partial charge is 0.463 e. The Bertz CT molecular complexity index is 666. The number of esters is 1. The van der Waals surface area contributed by atoms with Crippen LogP contribution in [0.15, 0.2) is 5.16 Å². The highest BCUT2D eigenvalue weighted by Gasteiger charge is 2.57. The van der Waals surface area contributed by atoms with Gasteiger partial charge in [0.1, 0.15) is 18.5 Å². The molecule has 6 nitrogen and oxygen atoms in total. The number of rotatable bonds is 7. The van der Waals surface area contributed by atoms with Crippen LogP contribution in [0.4, 0.5) is 0 Å².